The van der Waals surface area contributed by atoms with Crippen molar-refractivity contribution < 1.29 is 19.1 Å². The summed E-state index contributed by atoms with van der Waals surface area (Å²) in [4.78, 5) is 30.7. The number of hydrogen-bond acceptors (Lipinski definition) is 6. The molecular weight excluding hydrogens is 348 g/mol. The van der Waals surface area contributed by atoms with Gasteiger partial charge < -0.3 is 14.4 Å². The minimum absolute atomic E-state index is 0.0169. The Balaban J connectivity index is 1.73. The second-order valence-electron chi connectivity index (χ2n) is 5.59. The Morgan fingerprint density at radius 1 is 1.50 bits per heavy atom. The van der Waals surface area contributed by atoms with Gasteiger partial charge in [0.25, 0.3) is 0 Å². The van der Waals surface area contributed by atoms with Crippen molar-refractivity contribution in [3.05, 3.63) is 29.0 Å². The largest absolute Gasteiger partial charge is 0.481 e. The molecule has 1 atom stereocenters. The number of aromatic nitrogens is 1. The number of aliphatic carboxylic acids is 1. The van der Waals surface area contributed by atoms with Crippen molar-refractivity contribution in [1.82, 2.24) is 9.88 Å². The van der Waals surface area contributed by atoms with Gasteiger partial charge in [-0.25, -0.2) is 4.98 Å². The van der Waals surface area contributed by atoms with Crippen LogP contribution in [0.2, 0.25) is 0 Å². The van der Waals surface area contributed by atoms with Crippen LogP contribution in [-0.2, 0) is 16.0 Å². The first-order valence-corrected chi connectivity index (χ1v) is 9.67. The number of amides is 1. The summed E-state index contributed by atoms with van der Waals surface area (Å²) >= 11 is 3.22. The van der Waals surface area contributed by atoms with E-state index in [-0.39, 0.29) is 24.8 Å². The third-order valence-electron chi connectivity index (χ3n) is 3.90. The van der Waals surface area contributed by atoms with Gasteiger partial charge in [0.1, 0.15) is 5.76 Å². The second-order valence-corrected chi connectivity index (χ2v) is 7.69. The first-order valence-electron chi connectivity index (χ1n) is 7.64. The predicted octanol–water partition coefficient (Wildman–Crippen LogP) is 2.67. The molecular formula is C16H18N2O4S2. The molecule has 0 radical (unpaired) electrons. The first kappa shape index (κ1) is 17.0. The van der Waals surface area contributed by atoms with E-state index in [4.69, 9.17) is 9.52 Å². The van der Waals surface area contributed by atoms with E-state index in [9.17, 15) is 9.59 Å². The molecule has 3 rings (SSSR count). The molecule has 2 aromatic rings. The van der Waals surface area contributed by atoms with Crippen LogP contribution in [0.3, 0.4) is 0 Å². The van der Waals surface area contributed by atoms with Crippen molar-refractivity contribution in [2.45, 2.75) is 25.8 Å². The van der Waals surface area contributed by atoms with E-state index in [0.29, 0.717) is 29.6 Å². The van der Waals surface area contributed by atoms with E-state index in [1.165, 1.54) is 11.3 Å². The molecule has 1 N–H and O–H groups in total. The third kappa shape index (κ3) is 3.81. The average Bonchev–Trinajstić information content (AvgIpc) is 3.17. The molecule has 8 heteroatoms. The highest BCUT2D eigenvalue weighted by molar-refractivity contribution is 7.99. The van der Waals surface area contributed by atoms with Crippen molar-refractivity contribution in [2.75, 3.05) is 18.1 Å². The zero-order chi connectivity index (χ0) is 17.1. The van der Waals surface area contributed by atoms with Crippen LogP contribution in [0.25, 0.3) is 10.8 Å². The number of carbonyl (C=O) groups excluding carboxylic acids is 1. The van der Waals surface area contributed by atoms with E-state index in [0.717, 1.165) is 10.6 Å². The summed E-state index contributed by atoms with van der Waals surface area (Å²) in [6.45, 7) is 2.38. The number of oxazole rings is 1. The summed E-state index contributed by atoms with van der Waals surface area (Å²) in [5.41, 5.74) is 0.621. The highest BCUT2D eigenvalue weighted by Crippen LogP contribution is 2.27. The maximum Gasteiger partial charge on any atom is 0.305 e. The molecule has 3 heterocycles. The van der Waals surface area contributed by atoms with Gasteiger partial charge in [0.05, 0.1) is 29.5 Å². The van der Waals surface area contributed by atoms with Crippen LogP contribution in [0.5, 0.6) is 0 Å². The standard InChI is InChI=1S/C16H18N2O4S2/c1-10-12(17-16(22-10)13-3-2-5-24-13)8-14(19)18-4-6-23-9-11(18)7-15(20)21/h2-3,5,11H,4,6-9H2,1H3,(H,20,21). The molecule has 128 valence electrons. The lowest BCUT2D eigenvalue weighted by Crippen LogP contribution is -2.47. The van der Waals surface area contributed by atoms with E-state index < -0.39 is 5.97 Å². The van der Waals surface area contributed by atoms with Gasteiger partial charge in [-0.3, -0.25) is 9.59 Å². The number of nitrogens with zero attached hydrogens (tertiary/aromatic N) is 2. The van der Waals surface area contributed by atoms with Gasteiger partial charge in [0.2, 0.25) is 11.8 Å². The number of hydrogen-bond donors (Lipinski definition) is 1. The minimum Gasteiger partial charge on any atom is -0.481 e. The van der Waals surface area contributed by atoms with Crippen molar-refractivity contribution in [3.8, 4) is 10.8 Å². The van der Waals surface area contributed by atoms with Crippen molar-refractivity contribution in [3.63, 3.8) is 0 Å². The maximum absolute atomic E-state index is 12.7. The predicted molar refractivity (Wildman–Crippen MR) is 93.3 cm³/mol. The van der Waals surface area contributed by atoms with Gasteiger partial charge in [0.15, 0.2) is 0 Å². The van der Waals surface area contributed by atoms with Crippen LogP contribution in [0, 0.1) is 6.92 Å². The molecule has 0 bridgehead atoms. The number of carbonyl (C=O) groups is 2. The fourth-order valence-electron chi connectivity index (χ4n) is 2.70. The number of carboxylic acid groups (broad SMARTS) is 1. The summed E-state index contributed by atoms with van der Waals surface area (Å²) in [5, 5.41) is 11.0. The number of rotatable bonds is 5. The van der Waals surface area contributed by atoms with Crippen LogP contribution in [0.1, 0.15) is 17.9 Å². The van der Waals surface area contributed by atoms with Crippen LogP contribution in [0.4, 0.5) is 0 Å². The molecule has 2 aromatic heterocycles. The highest BCUT2D eigenvalue weighted by atomic mass is 32.2. The zero-order valence-electron chi connectivity index (χ0n) is 13.2. The summed E-state index contributed by atoms with van der Waals surface area (Å²) < 4.78 is 5.67. The molecule has 1 aliphatic heterocycles. The third-order valence-corrected chi connectivity index (χ3v) is 5.85. The van der Waals surface area contributed by atoms with Crippen LogP contribution in [0.15, 0.2) is 21.9 Å². The lowest BCUT2D eigenvalue weighted by atomic mass is 10.1. The Bertz CT molecular complexity index is 727. The number of thioether (sulfide) groups is 1. The average molecular weight is 366 g/mol. The van der Waals surface area contributed by atoms with E-state index in [1.54, 1.807) is 23.6 Å². The molecule has 24 heavy (non-hydrogen) atoms. The smallest absolute Gasteiger partial charge is 0.305 e. The summed E-state index contributed by atoms with van der Waals surface area (Å²) in [6, 6.07) is 3.59. The van der Waals surface area contributed by atoms with Gasteiger partial charge in [-0.1, -0.05) is 6.07 Å². The van der Waals surface area contributed by atoms with Crippen molar-refractivity contribution in [1.29, 1.82) is 0 Å². The fourth-order valence-corrected chi connectivity index (χ4v) is 4.41. The highest BCUT2D eigenvalue weighted by Gasteiger charge is 2.29. The monoisotopic (exact) mass is 366 g/mol. The second kappa shape index (κ2) is 7.40. The van der Waals surface area contributed by atoms with Gasteiger partial charge >= 0.3 is 5.97 Å². The molecule has 1 unspecified atom stereocenters. The Morgan fingerprint density at radius 2 is 2.33 bits per heavy atom. The number of carboxylic acids is 1. The first-order chi connectivity index (χ1) is 11.5. The van der Waals surface area contributed by atoms with Gasteiger partial charge in [0, 0.05) is 18.1 Å². The minimum atomic E-state index is -0.877. The fraction of sp³-hybridized carbons (Fsp3) is 0.438. The zero-order valence-corrected chi connectivity index (χ0v) is 14.9. The topological polar surface area (TPSA) is 83.6 Å². The SMILES string of the molecule is Cc1oc(-c2cccs2)nc1CC(=O)N1CCSCC1CC(=O)O. The number of thiophene rings is 1. The van der Waals surface area contributed by atoms with Gasteiger partial charge in [-0.2, -0.15) is 11.8 Å². The Kier molecular flexibility index (Phi) is 5.25. The molecule has 0 saturated carbocycles. The lowest BCUT2D eigenvalue weighted by molar-refractivity contribution is -0.140. The Labute approximate surface area is 147 Å². The van der Waals surface area contributed by atoms with Crippen molar-refractivity contribution in [2.24, 2.45) is 0 Å². The molecule has 0 spiro atoms. The lowest BCUT2D eigenvalue weighted by Gasteiger charge is -2.34. The molecule has 0 aromatic carbocycles. The molecule has 1 amide bonds. The van der Waals surface area contributed by atoms with Crippen molar-refractivity contribution >= 4 is 35.0 Å². The molecule has 1 aliphatic rings. The quantitative estimate of drug-likeness (QED) is 0.876. The summed E-state index contributed by atoms with van der Waals surface area (Å²) in [6.07, 6.45) is 0.123. The van der Waals surface area contributed by atoms with Gasteiger partial charge in [-0.05, 0) is 18.4 Å². The van der Waals surface area contributed by atoms with E-state index in [2.05, 4.69) is 4.98 Å². The number of aryl methyl sites for hydroxylation is 1. The van der Waals surface area contributed by atoms with Gasteiger partial charge in [-0.15, -0.1) is 11.3 Å². The molecule has 6 nitrogen and oxygen atoms in total. The summed E-state index contributed by atoms with van der Waals surface area (Å²) in [7, 11) is 0. The summed E-state index contributed by atoms with van der Waals surface area (Å²) in [5.74, 6) is 1.69. The Morgan fingerprint density at radius 3 is 3.04 bits per heavy atom. The molecule has 1 fully saturated rings. The van der Waals surface area contributed by atoms with Crippen LogP contribution in [-0.4, -0.2) is 51.0 Å². The maximum atomic E-state index is 12.7. The normalized spacial score (nSPS) is 17.9. The Hall–Kier alpha value is -1.80. The van der Waals surface area contributed by atoms with Crippen LogP contribution >= 0.6 is 23.1 Å². The van der Waals surface area contributed by atoms with E-state index in [1.807, 2.05) is 17.5 Å². The molecule has 1 saturated heterocycles. The van der Waals surface area contributed by atoms with Crippen LogP contribution < -0.4 is 0 Å². The van der Waals surface area contributed by atoms with E-state index >= 15 is 0 Å². The molecule has 0 aliphatic carbocycles.